The Labute approximate surface area is 223 Å². The summed E-state index contributed by atoms with van der Waals surface area (Å²) in [6.45, 7) is 1.47. The molecule has 0 unspecified atom stereocenters. The molecule has 0 aliphatic carbocycles. The van der Waals surface area contributed by atoms with Crippen molar-refractivity contribution in [3.05, 3.63) is 94.3 Å². The van der Waals surface area contributed by atoms with Gasteiger partial charge in [0.2, 0.25) is 5.91 Å². The molecule has 1 atom stereocenters. The van der Waals surface area contributed by atoms with Crippen molar-refractivity contribution >= 4 is 23.2 Å². The number of hydrogen-bond donors (Lipinski definition) is 3. The first kappa shape index (κ1) is 24.8. The van der Waals surface area contributed by atoms with E-state index in [1.54, 1.807) is 22.9 Å². The second-order valence-corrected chi connectivity index (χ2v) is 9.34. The van der Waals surface area contributed by atoms with Gasteiger partial charge in [-0.1, -0.05) is 0 Å². The molecule has 0 spiro atoms. The van der Waals surface area contributed by atoms with Crippen LogP contribution in [-0.4, -0.2) is 35.4 Å². The number of benzene rings is 2. The van der Waals surface area contributed by atoms with Gasteiger partial charge in [0, 0.05) is 25.0 Å². The lowest BCUT2D eigenvalue weighted by atomic mass is 9.77. The molecule has 10 nitrogen and oxygen atoms in total. The van der Waals surface area contributed by atoms with E-state index in [9.17, 15) is 23.1 Å². The van der Waals surface area contributed by atoms with Crippen molar-refractivity contribution < 1.29 is 23.1 Å². The predicted octanol–water partition coefficient (Wildman–Crippen LogP) is 3.61. The summed E-state index contributed by atoms with van der Waals surface area (Å²) < 4.78 is 44.3. The van der Waals surface area contributed by atoms with Gasteiger partial charge in [-0.15, -0.1) is 0 Å². The number of hydrogen-bond acceptors (Lipinski definition) is 8. The molecule has 4 N–H and O–H groups in total. The standard InChI is InChI=1S/C27H17F3N8O2/c1-27(13-8-17(30)15(10-31)20(39)9-13)21-22(32)35-23(36-24(21)37-26(27)40)19-11-38-5-4-33-25(38)18(34-19)7-12-6-14(28)2-3-16(12)29/h2-6,8-9,11,39H,7H2,1H3,(H3,32,35,36,37,40)/t27-/m0/s1. The van der Waals surface area contributed by atoms with Crippen LogP contribution in [0.3, 0.4) is 0 Å². The Bertz CT molecular complexity index is 1910. The quantitative estimate of drug-likeness (QED) is 0.311. The number of halogens is 3. The summed E-state index contributed by atoms with van der Waals surface area (Å²) in [7, 11) is 0. The lowest BCUT2D eigenvalue weighted by Gasteiger charge is -2.24. The van der Waals surface area contributed by atoms with E-state index in [0.29, 0.717) is 11.3 Å². The number of amides is 1. The average molecular weight is 542 g/mol. The molecule has 0 radical (unpaired) electrons. The minimum atomic E-state index is -1.59. The van der Waals surface area contributed by atoms with E-state index in [1.807, 2.05) is 0 Å². The first-order valence-electron chi connectivity index (χ1n) is 11.8. The predicted molar refractivity (Wildman–Crippen MR) is 135 cm³/mol. The molecule has 0 saturated heterocycles. The number of aromatic hydroxyl groups is 1. The van der Waals surface area contributed by atoms with Gasteiger partial charge in [-0.25, -0.2) is 33.1 Å². The van der Waals surface area contributed by atoms with Crippen molar-refractivity contribution in [2.24, 2.45) is 0 Å². The number of phenols is 1. The number of carbonyl (C=O) groups excluding carboxylic acids is 1. The molecule has 5 aromatic rings. The largest absolute Gasteiger partial charge is 0.506 e. The molecular weight excluding hydrogens is 525 g/mol. The number of nitrogens with one attached hydrogen (secondary N) is 1. The molecule has 3 aromatic heterocycles. The van der Waals surface area contributed by atoms with Crippen LogP contribution in [0.15, 0.2) is 48.9 Å². The van der Waals surface area contributed by atoms with Crippen molar-refractivity contribution in [1.82, 2.24) is 24.3 Å². The summed E-state index contributed by atoms with van der Waals surface area (Å²) in [6, 6.07) is 6.79. The van der Waals surface area contributed by atoms with Gasteiger partial charge in [-0.3, -0.25) is 4.79 Å². The summed E-state index contributed by atoms with van der Waals surface area (Å²) in [4.78, 5) is 30.8. The number of rotatable bonds is 4. The second-order valence-electron chi connectivity index (χ2n) is 9.34. The van der Waals surface area contributed by atoms with Crippen molar-refractivity contribution in [3.8, 4) is 23.3 Å². The Balaban J connectivity index is 1.47. The van der Waals surface area contributed by atoms with E-state index in [1.165, 1.54) is 13.1 Å². The molecule has 0 fully saturated rings. The third-order valence-electron chi connectivity index (χ3n) is 6.92. The number of phenolic OH excluding ortho intramolecular Hbond substituents is 1. The summed E-state index contributed by atoms with van der Waals surface area (Å²) in [6.07, 6.45) is 4.63. The lowest BCUT2D eigenvalue weighted by Crippen LogP contribution is -2.33. The zero-order valence-electron chi connectivity index (χ0n) is 20.6. The number of fused-ring (bicyclic) bond motifs is 2. The zero-order chi connectivity index (χ0) is 28.3. The van der Waals surface area contributed by atoms with Crippen LogP contribution in [0.25, 0.3) is 17.2 Å². The minimum Gasteiger partial charge on any atom is -0.506 e. The Hall–Kier alpha value is -5.51. The van der Waals surface area contributed by atoms with Crippen LogP contribution in [0.4, 0.5) is 24.8 Å². The molecule has 13 heteroatoms. The summed E-state index contributed by atoms with van der Waals surface area (Å²) >= 11 is 0. The van der Waals surface area contributed by atoms with E-state index in [0.717, 1.165) is 30.3 Å². The van der Waals surface area contributed by atoms with Crippen LogP contribution in [-0.2, 0) is 16.6 Å². The number of nitriles is 1. The van der Waals surface area contributed by atoms with Crippen LogP contribution in [0.2, 0.25) is 0 Å². The average Bonchev–Trinajstić information content (AvgIpc) is 3.49. The minimum absolute atomic E-state index is 0.0196. The molecule has 2 aromatic carbocycles. The number of nitrogens with zero attached hydrogens (tertiary/aromatic N) is 6. The molecule has 0 saturated carbocycles. The Morgan fingerprint density at radius 1 is 1.15 bits per heavy atom. The number of carbonyl (C=O) groups is 1. The second kappa shape index (κ2) is 8.77. The van der Waals surface area contributed by atoms with Crippen molar-refractivity contribution in [2.75, 3.05) is 11.1 Å². The third kappa shape index (κ3) is 3.69. The van der Waals surface area contributed by atoms with Crippen molar-refractivity contribution in [1.29, 1.82) is 5.26 Å². The Morgan fingerprint density at radius 2 is 1.95 bits per heavy atom. The third-order valence-corrected chi connectivity index (χ3v) is 6.92. The number of nitrogen functional groups attached to an aromatic ring is 1. The summed E-state index contributed by atoms with van der Waals surface area (Å²) in [5, 5.41) is 21.9. The van der Waals surface area contributed by atoms with Gasteiger partial charge in [0.05, 0.1) is 11.3 Å². The Kier molecular flexibility index (Phi) is 5.44. The number of imidazole rings is 1. The van der Waals surface area contributed by atoms with Gasteiger partial charge >= 0.3 is 0 Å². The molecule has 198 valence electrons. The van der Waals surface area contributed by atoms with Gasteiger partial charge in [0.15, 0.2) is 11.5 Å². The topological polar surface area (TPSA) is 155 Å². The first-order chi connectivity index (χ1) is 19.1. The molecule has 1 amide bonds. The normalized spacial score (nSPS) is 16.1. The fourth-order valence-corrected chi connectivity index (χ4v) is 4.87. The van der Waals surface area contributed by atoms with Gasteiger partial charge in [0.1, 0.15) is 57.6 Å². The fourth-order valence-electron chi connectivity index (χ4n) is 4.87. The van der Waals surface area contributed by atoms with Crippen LogP contribution in [0.5, 0.6) is 5.75 Å². The zero-order valence-corrected chi connectivity index (χ0v) is 20.6. The number of aromatic nitrogens is 5. The van der Waals surface area contributed by atoms with Crippen LogP contribution < -0.4 is 11.1 Å². The maximum Gasteiger partial charge on any atom is 0.240 e. The van der Waals surface area contributed by atoms with Crippen molar-refractivity contribution in [3.63, 3.8) is 0 Å². The highest BCUT2D eigenvalue weighted by Gasteiger charge is 2.48. The molecule has 0 bridgehead atoms. The van der Waals surface area contributed by atoms with E-state index in [-0.39, 0.29) is 46.3 Å². The van der Waals surface area contributed by atoms with E-state index >= 15 is 0 Å². The van der Waals surface area contributed by atoms with E-state index in [4.69, 9.17) is 11.0 Å². The van der Waals surface area contributed by atoms with Gasteiger partial charge in [-0.2, -0.15) is 5.26 Å². The van der Waals surface area contributed by atoms with Gasteiger partial charge < -0.3 is 20.6 Å². The van der Waals surface area contributed by atoms with E-state index < -0.39 is 40.1 Å². The molecule has 1 aliphatic heterocycles. The number of nitrogens with two attached hydrogens (primary N) is 1. The highest BCUT2D eigenvalue weighted by Crippen LogP contribution is 2.46. The molecule has 4 heterocycles. The maximum absolute atomic E-state index is 14.5. The maximum atomic E-state index is 14.5. The smallest absolute Gasteiger partial charge is 0.240 e. The van der Waals surface area contributed by atoms with Crippen LogP contribution in [0.1, 0.15) is 34.9 Å². The van der Waals surface area contributed by atoms with Crippen LogP contribution in [0, 0.1) is 28.8 Å². The molecular formula is C27H17F3N8O2. The summed E-state index contributed by atoms with van der Waals surface area (Å²) in [5.41, 5.74) is 5.36. The molecule has 40 heavy (non-hydrogen) atoms. The fraction of sp³-hybridized carbons (Fsp3) is 0.111. The highest BCUT2D eigenvalue weighted by atomic mass is 19.1. The summed E-state index contributed by atoms with van der Waals surface area (Å²) in [5.74, 6) is -3.50. The number of anilines is 2. The lowest BCUT2D eigenvalue weighted by molar-refractivity contribution is -0.119. The molecule has 6 rings (SSSR count). The van der Waals surface area contributed by atoms with Crippen LogP contribution >= 0.6 is 0 Å². The van der Waals surface area contributed by atoms with Gasteiger partial charge in [-0.05, 0) is 48.4 Å². The van der Waals surface area contributed by atoms with Gasteiger partial charge in [0.25, 0.3) is 0 Å². The molecule has 1 aliphatic rings. The SMILES string of the molecule is C[C@@]1(c2cc(O)c(C#N)c(F)c2)C(=O)Nc2nc(-c3cn4ccnc4c(Cc4cc(F)ccc4F)n3)nc(N)c21. The van der Waals surface area contributed by atoms with E-state index in [2.05, 4.69) is 25.3 Å². The van der Waals surface area contributed by atoms with Crippen molar-refractivity contribution in [2.45, 2.75) is 18.8 Å². The Morgan fingerprint density at radius 3 is 2.70 bits per heavy atom. The monoisotopic (exact) mass is 542 g/mol. The highest BCUT2D eigenvalue weighted by molar-refractivity contribution is 6.09. The first-order valence-corrected chi connectivity index (χ1v) is 11.8.